The van der Waals surface area contributed by atoms with Crippen LogP contribution in [0.15, 0.2) is 52.2 Å². The van der Waals surface area contributed by atoms with Gasteiger partial charge in [0.25, 0.3) is 5.56 Å². The van der Waals surface area contributed by atoms with Gasteiger partial charge in [0.05, 0.1) is 16.9 Å². The lowest BCUT2D eigenvalue weighted by Crippen LogP contribution is -2.32. The summed E-state index contributed by atoms with van der Waals surface area (Å²) in [5.74, 6) is 0.395. The van der Waals surface area contributed by atoms with Crippen molar-refractivity contribution in [2.24, 2.45) is 0 Å². The number of H-pyrrole nitrogens is 1. The van der Waals surface area contributed by atoms with Gasteiger partial charge in [0.2, 0.25) is 0 Å². The van der Waals surface area contributed by atoms with Gasteiger partial charge in [-0.05, 0) is 30.3 Å². The van der Waals surface area contributed by atoms with Gasteiger partial charge >= 0.3 is 5.69 Å². The van der Waals surface area contributed by atoms with Crippen LogP contribution in [-0.4, -0.2) is 38.8 Å². The highest BCUT2D eigenvalue weighted by atomic mass is 35.5. The number of aromatic amines is 1. The quantitative estimate of drug-likeness (QED) is 0.226. The summed E-state index contributed by atoms with van der Waals surface area (Å²) in [5.41, 5.74) is 0.360. The number of imidazole rings is 1. The molecule has 1 aromatic carbocycles. The molecule has 172 valence electrons. The van der Waals surface area contributed by atoms with E-state index in [1.54, 1.807) is 34.9 Å². The zero-order valence-corrected chi connectivity index (χ0v) is 20.9. The Labute approximate surface area is 200 Å². The van der Waals surface area contributed by atoms with Crippen molar-refractivity contribution >= 4 is 42.4 Å². The Kier molecular flexibility index (Phi) is 6.58. The molecule has 3 aromatic heterocycles. The molecule has 0 aliphatic heterocycles. The fraction of sp³-hybridized carbons (Fsp3) is 0.273. The molecule has 4 rings (SSSR count). The summed E-state index contributed by atoms with van der Waals surface area (Å²) in [4.78, 5) is 36.8. The second-order valence-electron chi connectivity index (χ2n) is 8.80. The number of benzene rings is 1. The molecule has 0 aliphatic rings. The van der Waals surface area contributed by atoms with E-state index in [2.05, 4.69) is 34.6 Å². The van der Waals surface area contributed by atoms with Crippen molar-refractivity contribution in [3.8, 4) is 17.1 Å². The maximum absolute atomic E-state index is 13.0. The van der Waals surface area contributed by atoms with Crippen LogP contribution >= 0.6 is 23.2 Å². The Morgan fingerprint density at radius 2 is 1.85 bits per heavy atom. The van der Waals surface area contributed by atoms with Crippen molar-refractivity contribution in [3.63, 3.8) is 0 Å². The third kappa shape index (κ3) is 4.96. The minimum Gasteiger partial charge on any atom is -0.361 e. The van der Waals surface area contributed by atoms with Gasteiger partial charge in [-0.1, -0.05) is 55.0 Å². The Balaban J connectivity index is 1.93. The topological polar surface area (TPSA) is 94.8 Å². The number of ether oxygens (including phenoxy) is 1. The summed E-state index contributed by atoms with van der Waals surface area (Å²) in [5, 5.41) is 0.761. The number of pyridine rings is 1. The first-order valence-electron chi connectivity index (χ1n) is 10.4. The van der Waals surface area contributed by atoms with Crippen LogP contribution in [0.2, 0.25) is 35.9 Å². The number of aromatic nitrogens is 5. The largest absolute Gasteiger partial charge is 0.361 e. The molecule has 11 heteroatoms. The minimum atomic E-state index is -1.30. The SMILES string of the molecule is C[Si](C)(C)CCOCn1c(=O)[nH]c(=O)c2c1nc(-c1ccccc1Cl)n2-c1ccc(Cl)nc1. The summed E-state index contributed by atoms with van der Waals surface area (Å²) in [6.07, 6.45) is 1.53. The number of fused-ring (bicyclic) bond motifs is 1. The first-order chi connectivity index (χ1) is 15.7. The molecule has 3 heterocycles. The smallest absolute Gasteiger partial charge is 0.332 e. The number of nitrogens with zero attached hydrogens (tertiary/aromatic N) is 4. The molecule has 1 N–H and O–H groups in total. The van der Waals surface area contributed by atoms with E-state index in [0.29, 0.717) is 33.9 Å². The van der Waals surface area contributed by atoms with Crippen LogP contribution in [-0.2, 0) is 11.5 Å². The van der Waals surface area contributed by atoms with Gasteiger partial charge < -0.3 is 4.74 Å². The van der Waals surface area contributed by atoms with E-state index in [-0.39, 0.29) is 17.9 Å². The molecule has 0 amide bonds. The van der Waals surface area contributed by atoms with Gasteiger partial charge in [0, 0.05) is 20.2 Å². The van der Waals surface area contributed by atoms with Crippen LogP contribution < -0.4 is 11.2 Å². The molecule has 0 saturated carbocycles. The van der Waals surface area contributed by atoms with E-state index in [0.717, 1.165) is 6.04 Å². The van der Waals surface area contributed by atoms with E-state index in [1.807, 2.05) is 6.07 Å². The summed E-state index contributed by atoms with van der Waals surface area (Å²) in [6, 6.07) is 11.4. The standard InChI is InChI=1S/C22H23Cl2N5O3Si/c1-33(2,3)11-10-32-13-28-20-18(21(30)27-22(28)31)29(14-8-9-17(24)25-12-14)19(26-20)15-6-4-5-7-16(15)23/h4-9,12H,10-11,13H2,1-3H3,(H,27,30,31). The lowest BCUT2D eigenvalue weighted by molar-refractivity contribution is 0.0865. The average molecular weight is 504 g/mol. The fourth-order valence-electron chi connectivity index (χ4n) is 3.35. The van der Waals surface area contributed by atoms with Crippen molar-refractivity contribution in [3.05, 3.63) is 73.6 Å². The maximum Gasteiger partial charge on any atom is 0.332 e. The van der Waals surface area contributed by atoms with Crippen LogP contribution in [0.1, 0.15) is 0 Å². The molecule has 0 saturated heterocycles. The van der Waals surface area contributed by atoms with Gasteiger partial charge in [-0.25, -0.2) is 14.8 Å². The van der Waals surface area contributed by atoms with Gasteiger partial charge in [-0.15, -0.1) is 0 Å². The predicted molar refractivity (Wildman–Crippen MR) is 133 cm³/mol. The van der Waals surface area contributed by atoms with Gasteiger partial charge in [0.1, 0.15) is 17.7 Å². The van der Waals surface area contributed by atoms with Crippen molar-refractivity contribution in [1.29, 1.82) is 0 Å². The summed E-state index contributed by atoms with van der Waals surface area (Å²) >= 11 is 12.4. The molecule has 0 atom stereocenters. The van der Waals surface area contributed by atoms with E-state index < -0.39 is 19.3 Å². The second kappa shape index (κ2) is 9.26. The number of nitrogens with one attached hydrogen (secondary N) is 1. The van der Waals surface area contributed by atoms with Gasteiger partial charge in [-0.2, -0.15) is 0 Å². The molecule has 0 radical (unpaired) electrons. The van der Waals surface area contributed by atoms with E-state index in [1.165, 1.54) is 10.8 Å². The molecule has 0 aliphatic carbocycles. The second-order valence-corrected chi connectivity index (χ2v) is 15.2. The van der Waals surface area contributed by atoms with Crippen molar-refractivity contribution in [1.82, 2.24) is 24.1 Å². The Hall–Kier alpha value is -2.72. The molecule has 0 spiro atoms. The molecule has 0 fully saturated rings. The van der Waals surface area contributed by atoms with Gasteiger partial charge in [0.15, 0.2) is 11.2 Å². The van der Waals surface area contributed by atoms with Crippen LogP contribution in [0, 0.1) is 0 Å². The number of hydrogen-bond acceptors (Lipinski definition) is 5. The Bertz CT molecular complexity index is 1420. The van der Waals surface area contributed by atoms with E-state index in [4.69, 9.17) is 27.9 Å². The predicted octanol–water partition coefficient (Wildman–Crippen LogP) is 4.56. The highest BCUT2D eigenvalue weighted by Crippen LogP contribution is 2.31. The third-order valence-electron chi connectivity index (χ3n) is 5.10. The molecule has 0 unspecified atom stereocenters. The lowest BCUT2D eigenvalue weighted by Gasteiger charge is -2.15. The van der Waals surface area contributed by atoms with Crippen molar-refractivity contribution < 1.29 is 4.74 Å². The Morgan fingerprint density at radius 3 is 2.52 bits per heavy atom. The molecule has 33 heavy (non-hydrogen) atoms. The average Bonchev–Trinajstić information content (AvgIpc) is 3.14. The summed E-state index contributed by atoms with van der Waals surface area (Å²) < 4.78 is 8.74. The number of rotatable bonds is 7. The van der Waals surface area contributed by atoms with E-state index >= 15 is 0 Å². The van der Waals surface area contributed by atoms with Crippen LogP contribution in [0.4, 0.5) is 0 Å². The minimum absolute atomic E-state index is 0.0333. The summed E-state index contributed by atoms with van der Waals surface area (Å²) in [6.45, 7) is 7.23. The lowest BCUT2D eigenvalue weighted by atomic mass is 10.2. The summed E-state index contributed by atoms with van der Waals surface area (Å²) in [7, 11) is -1.30. The molecule has 0 bridgehead atoms. The molecule has 8 nitrogen and oxygen atoms in total. The number of hydrogen-bond donors (Lipinski definition) is 1. The molecule has 4 aromatic rings. The van der Waals surface area contributed by atoms with Crippen molar-refractivity contribution in [2.75, 3.05) is 6.61 Å². The highest BCUT2D eigenvalue weighted by molar-refractivity contribution is 6.76. The van der Waals surface area contributed by atoms with Crippen molar-refractivity contribution in [2.45, 2.75) is 32.4 Å². The third-order valence-corrected chi connectivity index (χ3v) is 7.35. The first kappa shape index (κ1) is 23.4. The zero-order chi connectivity index (χ0) is 23.8. The Morgan fingerprint density at radius 1 is 1.09 bits per heavy atom. The number of halogens is 2. The monoisotopic (exact) mass is 503 g/mol. The maximum atomic E-state index is 13.0. The molecular weight excluding hydrogens is 481 g/mol. The van der Waals surface area contributed by atoms with Crippen LogP contribution in [0.25, 0.3) is 28.2 Å². The van der Waals surface area contributed by atoms with Gasteiger partial charge in [-0.3, -0.25) is 18.9 Å². The highest BCUT2D eigenvalue weighted by Gasteiger charge is 2.22. The molecular formula is C22H23Cl2N5O3Si. The zero-order valence-electron chi connectivity index (χ0n) is 18.4. The van der Waals surface area contributed by atoms with Crippen LogP contribution in [0.5, 0.6) is 0 Å². The van der Waals surface area contributed by atoms with Crippen LogP contribution in [0.3, 0.4) is 0 Å². The van der Waals surface area contributed by atoms with E-state index in [9.17, 15) is 9.59 Å². The first-order valence-corrected chi connectivity index (χ1v) is 14.8. The normalized spacial score (nSPS) is 11.9. The fourth-order valence-corrected chi connectivity index (χ4v) is 4.44.